The number of hydrogen-bond acceptors (Lipinski definition) is 11. The van der Waals surface area contributed by atoms with Crippen molar-refractivity contribution in [1.82, 2.24) is 10.3 Å². The predicted molar refractivity (Wildman–Crippen MR) is 90.5 cm³/mol. The average molecular weight is 387 g/mol. The first-order chi connectivity index (χ1) is 12.7. The Morgan fingerprint density at radius 1 is 1.33 bits per heavy atom. The smallest absolute Gasteiger partial charge is 0.358 e. The molecule has 0 radical (unpaired) electrons. The van der Waals surface area contributed by atoms with Crippen LogP contribution >= 0.6 is 0 Å². The number of aliphatic hydroxyl groups excluding tert-OH is 3. The van der Waals surface area contributed by atoms with Gasteiger partial charge in [-0.1, -0.05) is 0 Å². The second-order valence-electron chi connectivity index (χ2n) is 6.24. The van der Waals surface area contributed by atoms with Gasteiger partial charge >= 0.3 is 5.97 Å². The van der Waals surface area contributed by atoms with E-state index in [0.717, 1.165) is 12.8 Å². The Morgan fingerprint density at radius 2 is 1.96 bits per heavy atom. The van der Waals surface area contributed by atoms with Crippen molar-refractivity contribution in [3.63, 3.8) is 0 Å². The van der Waals surface area contributed by atoms with Gasteiger partial charge < -0.3 is 35.8 Å². The van der Waals surface area contributed by atoms with E-state index in [1.54, 1.807) is 6.92 Å². The number of hydrazine groups is 1. The number of rotatable bonds is 8. The number of carbonyl (C=O) groups excluding carboxylic acids is 2. The fraction of sp³-hybridized carbons (Fsp3) is 0.667. The van der Waals surface area contributed by atoms with Crippen molar-refractivity contribution in [2.45, 2.75) is 50.3 Å². The van der Waals surface area contributed by atoms with Gasteiger partial charge in [0.1, 0.15) is 24.0 Å². The standard InChI is InChI=1S/C15H25N5O7/c1-2-26-15(25)9(17)8(16)10(19-6-3-4-6)13(24)20(18)14-12(23)11(22)7(5-21)27-14/h6-7,11-12,14,17,19,21-23H,2-5,16,18H2,1H3/b10-8+,17-9?. The van der Waals surface area contributed by atoms with E-state index in [2.05, 4.69) is 5.32 Å². The van der Waals surface area contributed by atoms with E-state index in [1.807, 2.05) is 0 Å². The van der Waals surface area contributed by atoms with E-state index in [9.17, 15) is 19.8 Å². The van der Waals surface area contributed by atoms with Crippen LogP contribution in [0.1, 0.15) is 19.8 Å². The lowest BCUT2D eigenvalue weighted by Gasteiger charge is -2.27. The first-order valence-corrected chi connectivity index (χ1v) is 8.45. The number of amides is 1. The first kappa shape index (κ1) is 21.1. The SMILES string of the molecule is CCOC(=O)C(=N)/C(N)=C(\NC1CC1)C(=O)N(N)C1OC(CO)C(O)C1O. The molecular weight excluding hydrogens is 362 g/mol. The second kappa shape index (κ2) is 8.63. The van der Waals surface area contributed by atoms with Crippen LogP contribution in [-0.4, -0.2) is 81.7 Å². The number of aliphatic hydroxyl groups is 3. The molecule has 0 aromatic heterocycles. The van der Waals surface area contributed by atoms with Gasteiger partial charge in [0.15, 0.2) is 11.9 Å². The molecule has 27 heavy (non-hydrogen) atoms. The third-order valence-corrected chi connectivity index (χ3v) is 4.18. The maximum Gasteiger partial charge on any atom is 0.358 e. The number of nitrogens with one attached hydrogen (secondary N) is 2. The van der Waals surface area contributed by atoms with Gasteiger partial charge in [-0.2, -0.15) is 0 Å². The summed E-state index contributed by atoms with van der Waals surface area (Å²) in [7, 11) is 0. The summed E-state index contributed by atoms with van der Waals surface area (Å²) in [6.07, 6.45) is -4.07. The Bertz CT molecular complexity index is 636. The normalized spacial score (nSPS) is 28.3. The van der Waals surface area contributed by atoms with Crippen molar-refractivity contribution < 1.29 is 34.4 Å². The highest BCUT2D eigenvalue weighted by molar-refractivity contribution is 6.42. The summed E-state index contributed by atoms with van der Waals surface area (Å²) in [5, 5.41) is 40.1. The van der Waals surface area contributed by atoms with Crippen molar-refractivity contribution in [2.24, 2.45) is 11.6 Å². The molecule has 1 amide bonds. The molecule has 0 aromatic rings. The molecule has 9 N–H and O–H groups in total. The van der Waals surface area contributed by atoms with E-state index in [1.165, 1.54) is 0 Å². The fourth-order valence-corrected chi connectivity index (χ4v) is 2.48. The van der Waals surface area contributed by atoms with E-state index < -0.39 is 54.4 Å². The molecule has 1 saturated heterocycles. The lowest BCUT2D eigenvalue weighted by molar-refractivity contribution is -0.150. The van der Waals surface area contributed by atoms with Gasteiger partial charge in [0.05, 0.1) is 18.9 Å². The Kier molecular flexibility index (Phi) is 6.73. The van der Waals surface area contributed by atoms with E-state index in [0.29, 0.717) is 5.01 Å². The summed E-state index contributed by atoms with van der Waals surface area (Å²) in [6, 6.07) is -0.0731. The van der Waals surface area contributed by atoms with Crippen LogP contribution in [0.15, 0.2) is 11.4 Å². The molecule has 1 aliphatic carbocycles. The zero-order valence-corrected chi connectivity index (χ0v) is 14.8. The Balaban J connectivity index is 2.25. The van der Waals surface area contributed by atoms with E-state index in [-0.39, 0.29) is 18.3 Å². The number of nitrogens with two attached hydrogens (primary N) is 2. The van der Waals surface area contributed by atoms with Crippen LogP contribution in [-0.2, 0) is 19.1 Å². The maximum atomic E-state index is 12.8. The summed E-state index contributed by atoms with van der Waals surface area (Å²) < 4.78 is 9.92. The van der Waals surface area contributed by atoms with Crippen molar-refractivity contribution in [2.75, 3.05) is 13.2 Å². The van der Waals surface area contributed by atoms with E-state index >= 15 is 0 Å². The molecule has 12 heteroatoms. The molecule has 1 saturated carbocycles. The zero-order valence-electron chi connectivity index (χ0n) is 14.8. The van der Waals surface area contributed by atoms with Crippen LogP contribution in [0.3, 0.4) is 0 Å². The fourth-order valence-electron chi connectivity index (χ4n) is 2.48. The monoisotopic (exact) mass is 387 g/mol. The molecule has 152 valence electrons. The van der Waals surface area contributed by atoms with Crippen LogP contribution in [0.5, 0.6) is 0 Å². The molecule has 0 aromatic carbocycles. The molecule has 1 aliphatic heterocycles. The molecule has 2 rings (SSSR count). The Morgan fingerprint density at radius 3 is 2.44 bits per heavy atom. The minimum atomic E-state index is -1.57. The van der Waals surface area contributed by atoms with Gasteiger partial charge in [0, 0.05) is 6.04 Å². The van der Waals surface area contributed by atoms with Crippen LogP contribution in [0.25, 0.3) is 0 Å². The molecule has 12 nitrogen and oxygen atoms in total. The van der Waals surface area contributed by atoms with Gasteiger partial charge in [-0.25, -0.2) is 15.6 Å². The lowest BCUT2D eigenvalue weighted by Crippen LogP contribution is -2.54. The molecule has 0 bridgehead atoms. The van der Waals surface area contributed by atoms with Gasteiger partial charge in [-0.3, -0.25) is 10.2 Å². The maximum absolute atomic E-state index is 12.8. The summed E-state index contributed by atoms with van der Waals surface area (Å²) in [5.74, 6) is 3.79. The largest absolute Gasteiger partial charge is 0.461 e. The first-order valence-electron chi connectivity index (χ1n) is 8.45. The second-order valence-corrected chi connectivity index (χ2v) is 6.24. The van der Waals surface area contributed by atoms with Crippen molar-refractivity contribution in [1.29, 1.82) is 5.41 Å². The Labute approximate surface area is 155 Å². The van der Waals surface area contributed by atoms with Crippen molar-refractivity contribution in [3.05, 3.63) is 11.4 Å². The molecule has 4 unspecified atom stereocenters. The van der Waals surface area contributed by atoms with Crippen molar-refractivity contribution in [3.8, 4) is 0 Å². The van der Waals surface area contributed by atoms with Gasteiger partial charge in [0.2, 0.25) is 0 Å². The molecule has 2 fully saturated rings. The number of esters is 1. The molecule has 1 heterocycles. The number of nitrogens with zero attached hydrogens (tertiary/aromatic N) is 1. The topological polar surface area (TPSA) is 204 Å². The van der Waals surface area contributed by atoms with Crippen LogP contribution in [0, 0.1) is 5.41 Å². The summed E-state index contributed by atoms with van der Waals surface area (Å²) in [4.78, 5) is 24.5. The quantitative estimate of drug-likeness (QED) is 0.0549. The molecular formula is C15H25N5O7. The zero-order chi connectivity index (χ0) is 20.3. The van der Waals surface area contributed by atoms with Crippen LogP contribution in [0.4, 0.5) is 0 Å². The third-order valence-electron chi connectivity index (χ3n) is 4.18. The summed E-state index contributed by atoms with van der Waals surface area (Å²) >= 11 is 0. The molecule has 2 aliphatic rings. The minimum Gasteiger partial charge on any atom is -0.461 e. The molecule has 4 atom stereocenters. The van der Waals surface area contributed by atoms with Crippen LogP contribution in [0.2, 0.25) is 0 Å². The van der Waals surface area contributed by atoms with Crippen molar-refractivity contribution >= 4 is 17.6 Å². The van der Waals surface area contributed by atoms with E-state index in [4.69, 9.17) is 31.6 Å². The summed E-state index contributed by atoms with van der Waals surface area (Å²) in [6.45, 7) is 0.998. The van der Waals surface area contributed by atoms with Gasteiger partial charge in [0.25, 0.3) is 5.91 Å². The number of hydrogen-bond donors (Lipinski definition) is 7. The third kappa shape index (κ3) is 4.54. The number of carbonyl (C=O) groups is 2. The highest BCUT2D eigenvalue weighted by Gasteiger charge is 2.47. The van der Waals surface area contributed by atoms with Crippen LogP contribution < -0.4 is 16.9 Å². The average Bonchev–Trinajstić information content (AvgIpc) is 3.43. The molecule has 0 spiro atoms. The summed E-state index contributed by atoms with van der Waals surface area (Å²) in [5.41, 5.74) is 4.32. The van der Waals surface area contributed by atoms with Gasteiger partial charge in [-0.15, -0.1) is 0 Å². The lowest BCUT2D eigenvalue weighted by atomic mass is 10.1. The highest BCUT2D eigenvalue weighted by Crippen LogP contribution is 2.25. The minimum absolute atomic E-state index is 0.0272. The van der Waals surface area contributed by atoms with Gasteiger partial charge in [-0.05, 0) is 19.8 Å². The number of ether oxygens (including phenoxy) is 2. The Hall–Kier alpha value is -2.25. The highest BCUT2D eigenvalue weighted by atomic mass is 16.6. The predicted octanol–water partition coefficient (Wildman–Crippen LogP) is -3.37.